The van der Waals surface area contributed by atoms with Gasteiger partial charge in [-0.05, 0) is 31.5 Å². The number of hydrogen-bond acceptors (Lipinski definition) is 4. The molecular formula is C17H20Cl2N4O3. The molecule has 2 aliphatic heterocycles. The van der Waals surface area contributed by atoms with Crippen LogP contribution in [0, 0.1) is 0 Å². The molecule has 2 fully saturated rings. The van der Waals surface area contributed by atoms with Crippen LogP contribution in [0.15, 0.2) is 18.2 Å². The van der Waals surface area contributed by atoms with E-state index in [1.54, 1.807) is 6.07 Å². The van der Waals surface area contributed by atoms with Crippen molar-refractivity contribution in [2.45, 2.75) is 31.8 Å². The third kappa shape index (κ3) is 3.79. The van der Waals surface area contributed by atoms with Crippen molar-refractivity contribution in [1.29, 1.82) is 0 Å². The zero-order valence-corrected chi connectivity index (χ0v) is 15.8. The minimum atomic E-state index is -0.723. The standard InChI is InChI=1S/C17H20Cl2N4O3/c1-10-9-20-6-7-22(10)15(24)5-4-14-16(25)23(17(26)21-14)11-2-3-12(18)13(19)8-11/h2-3,8,10,14,20H,4-7,9H2,1H3,(H,21,26)/t10-,14?/m0/s1. The third-order valence-electron chi connectivity index (χ3n) is 4.65. The fraction of sp³-hybridized carbons (Fsp3) is 0.471. The first-order valence-electron chi connectivity index (χ1n) is 8.48. The number of urea groups is 1. The number of carbonyl (C=O) groups excluding carboxylic acids is 3. The van der Waals surface area contributed by atoms with Crippen molar-refractivity contribution in [3.8, 4) is 0 Å². The van der Waals surface area contributed by atoms with Gasteiger partial charge in [0.2, 0.25) is 5.91 Å². The van der Waals surface area contributed by atoms with E-state index in [4.69, 9.17) is 23.2 Å². The number of hydrogen-bond donors (Lipinski definition) is 2. The lowest BCUT2D eigenvalue weighted by Crippen LogP contribution is -2.52. The number of anilines is 1. The number of halogens is 2. The van der Waals surface area contributed by atoms with Crippen molar-refractivity contribution < 1.29 is 14.4 Å². The van der Waals surface area contributed by atoms with Crippen LogP contribution >= 0.6 is 23.2 Å². The van der Waals surface area contributed by atoms with E-state index in [-0.39, 0.29) is 29.8 Å². The predicted octanol–water partition coefficient (Wildman–Crippen LogP) is 2.02. The lowest BCUT2D eigenvalue weighted by molar-refractivity contribution is -0.134. The van der Waals surface area contributed by atoms with Crippen molar-refractivity contribution in [1.82, 2.24) is 15.5 Å². The maximum atomic E-state index is 12.6. The van der Waals surface area contributed by atoms with Gasteiger partial charge in [0.25, 0.3) is 5.91 Å². The largest absolute Gasteiger partial charge is 0.337 e. The van der Waals surface area contributed by atoms with Gasteiger partial charge in [0.05, 0.1) is 15.7 Å². The highest BCUT2D eigenvalue weighted by molar-refractivity contribution is 6.42. The summed E-state index contributed by atoms with van der Waals surface area (Å²) in [5, 5.41) is 6.47. The van der Waals surface area contributed by atoms with Crippen LogP contribution in [0.25, 0.3) is 0 Å². The summed E-state index contributed by atoms with van der Waals surface area (Å²) in [5.41, 5.74) is 0.353. The van der Waals surface area contributed by atoms with Crippen LogP contribution in [0.5, 0.6) is 0 Å². The maximum absolute atomic E-state index is 12.6. The average Bonchev–Trinajstić information content (AvgIpc) is 2.89. The molecule has 2 N–H and O–H groups in total. The molecule has 0 spiro atoms. The Bertz CT molecular complexity index is 743. The number of piperazine rings is 1. The zero-order chi connectivity index (χ0) is 18.8. The Morgan fingerprint density at radius 2 is 2.04 bits per heavy atom. The van der Waals surface area contributed by atoms with Gasteiger partial charge in [0.15, 0.2) is 0 Å². The van der Waals surface area contributed by atoms with Gasteiger partial charge in [-0.15, -0.1) is 0 Å². The topological polar surface area (TPSA) is 81.8 Å². The van der Waals surface area contributed by atoms with E-state index in [0.29, 0.717) is 17.3 Å². The van der Waals surface area contributed by atoms with Crippen molar-refractivity contribution in [3.05, 3.63) is 28.2 Å². The molecule has 2 aliphatic rings. The van der Waals surface area contributed by atoms with Crippen LogP contribution in [-0.2, 0) is 9.59 Å². The average molecular weight is 399 g/mol. The minimum Gasteiger partial charge on any atom is -0.337 e. The molecule has 7 nitrogen and oxygen atoms in total. The number of benzene rings is 1. The van der Waals surface area contributed by atoms with Crippen LogP contribution in [0.4, 0.5) is 10.5 Å². The summed E-state index contributed by atoms with van der Waals surface area (Å²) in [5.74, 6) is -0.399. The molecule has 0 aromatic heterocycles. The highest BCUT2D eigenvalue weighted by atomic mass is 35.5. The molecule has 0 saturated carbocycles. The normalized spacial score (nSPS) is 23.3. The predicted molar refractivity (Wildman–Crippen MR) is 99.5 cm³/mol. The third-order valence-corrected chi connectivity index (χ3v) is 5.39. The van der Waals surface area contributed by atoms with Gasteiger partial charge in [-0.2, -0.15) is 0 Å². The number of imide groups is 1. The number of carbonyl (C=O) groups is 3. The van der Waals surface area contributed by atoms with Gasteiger partial charge < -0.3 is 15.5 Å². The van der Waals surface area contributed by atoms with Crippen molar-refractivity contribution in [2.24, 2.45) is 0 Å². The number of rotatable bonds is 4. The number of nitrogens with zero attached hydrogens (tertiary/aromatic N) is 2. The number of amides is 4. The Kier molecular flexibility index (Phi) is 5.70. The molecule has 26 heavy (non-hydrogen) atoms. The van der Waals surface area contributed by atoms with Crippen molar-refractivity contribution >= 4 is 46.7 Å². The minimum absolute atomic E-state index is 0.00552. The zero-order valence-electron chi connectivity index (χ0n) is 14.3. The van der Waals surface area contributed by atoms with E-state index in [2.05, 4.69) is 10.6 Å². The molecule has 2 atom stereocenters. The summed E-state index contributed by atoms with van der Waals surface area (Å²) in [6, 6.07) is 3.43. The van der Waals surface area contributed by atoms with Gasteiger partial charge in [-0.3, -0.25) is 9.59 Å². The van der Waals surface area contributed by atoms with E-state index in [1.165, 1.54) is 12.1 Å². The quantitative estimate of drug-likeness (QED) is 0.760. The second kappa shape index (κ2) is 7.82. The van der Waals surface area contributed by atoms with Crippen LogP contribution in [0.2, 0.25) is 10.0 Å². The second-order valence-electron chi connectivity index (χ2n) is 6.45. The van der Waals surface area contributed by atoms with Crippen LogP contribution in [0.1, 0.15) is 19.8 Å². The van der Waals surface area contributed by atoms with Gasteiger partial charge in [0.1, 0.15) is 6.04 Å². The smallest absolute Gasteiger partial charge is 0.329 e. The lowest BCUT2D eigenvalue weighted by atomic mass is 10.1. The molecule has 2 heterocycles. The van der Waals surface area contributed by atoms with Crippen LogP contribution in [-0.4, -0.2) is 54.5 Å². The first kappa shape index (κ1) is 18.9. The van der Waals surface area contributed by atoms with Crippen LogP contribution in [0.3, 0.4) is 0 Å². The Balaban J connectivity index is 1.63. The van der Waals surface area contributed by atoms with E-state index in [0.717, 1.165) is 18.0 Å². The monoisotopic (exact) mass is 398 g/mol. The van der Waals surface area contributed by atoms with Gasteiger partial charge in [-0.25, -0.2) is 9.69 Å². The summed E-state index contributed by atoms with van der Waals surface area (Å²) in [6.45, 7) is 4.16. The summed E-state index contributed by atoms with van der Waals surface area (Å²) in [4.78, 5) is 40.1. The molecule has 9 heteroatoms. The van der Waals surface area contributed by atoms with Gasteiger partial charge in [0, 0.05) is 32.1 Å². The van der Waals surface area contributed by atoms with E-state index in [1.807, 2.05) is 11.8 Å². The van der Waals surface area contributed by atoms with E-state index in [9.17, 15) is 14.4 Å². The molecular weight excluding hydrogens is 379 g/mol. The highest BCUT2D eigenvalue weighted by Gasteiger charge is 2.39. The maximum Gasteiger partial charge on any atom is 0.329 e. The highest BCUT2D eigenvalue weighted by Crippen LogP contribution is 2.29. The Morgan fingerprint density at radius 1 is 1.27 bits per heavy atom. The molecule has 3 rings (SSSR count). The first-order chi connectivity index (χ1) is 12.4. The number of nitrogens with one attached hydrogen (secondary N) is 2. The molecule has 0 bridgehead atoms. The molecule has 0 aliphatic carbocycles. The van der Waals surface area contributed by atoms with Crippen molar-refractivity contribution in [2.75, 3.05) is 24.5 Å². The fourth-order valence-electron chi connectivity index (χ4n) is 3.22. The second-order valence-corrected chi connectivity index (χ2v) is 7.27. The Hall–Kier alpha value is -1.83. The molecule has 1 unspecified atom stereocenters. The van der Waals surface area contributed by atoms with Gasteiger partial charge >= 0.3 is 6.03 Å². The Morgan fingerprint density at radius 3 is 2.73 bits per heavy atom. The SMILES string of the molecule is C[C@H]1CNCCN1C(=O)CCC1NC(=O)N(c2ccc(Cl)c(Cl)c2)C1=O. The first-order valence-corrected chi connectivity index (χ1v) is 9.24. The Labute approximate surface area is 161 Å². The van der Waals surface area contributed by atoms with Crippen molar-refractivity contribution in [3.63, 3.8) is 0 Å². The van der Waals surface area contributed by atoms with E-state index >= 15 is 0 Å². The summed E-state index contributed by atoms with van der Waals surface area (Å²) in [7, 11) is 0. The van der Waals surface area contributed by atoms with E-state index < -0.39 is 18.0 Å². The molecule has 4 amide bonds. The summed E-state index contributed by atoms with van der Waals surface area (Å²) >= 11 is 11.8. The summed E-state index contributed by atoms with van der Waals surface area (Å²) < 4.78 is 0. The molecule has 1 aromatic rings. The van der Waals surface area contributed by atoms with Crippen LogP contribution < -0.4 is 15.5 Å². The molecule has 2 saturated heterocycles. The fourth-order valence-corrected chi connectivity index (χ4v) is 3.51. The lowest BCUT2D eigenvalue weighted by Gasteiger charge is -2.34. The molecule has 0 radical (unpaired) electrons. The van der Waals surface area contributed by atoms with Gasteiger partial charge in [-0.1, -0.05) is 23.2 Å². The molecule has 140 valence electrons. The molecule has 1 aromatic carbocycles. The summed E-state index contributed by atoms with van der Waals surface area (Å²) in [6.07, 6.45) is 0.466.